The van der Waals surface area contributed by atoms with Crippen molar-refractivity contribution in [3.63, 3.8) is 0 Å². The zero-order valence-electron chi connectivity index (χ0n) is 19.6. The third-order valence-electron chi connectivity index (χ3n) is 7.50. The molecule has 1 aromatic heterocycles. The van der Waals surface area contributed by atoms with E-state index in [-0.39, 0.29) is 24.2 Å². The Kier molecular flexibility index (Phi) is 4.85. The number of carbonyl (C=O) groups is 2. The maximum absolute atomic E-state index is 13.7. The number of carbonyl (C=O) groups excluding carboxylic acids is 2. The van der Waals surface area contributed by atoms with E-state index >= 15 is 0 Å². The Balaban J connectivity index is 1.24. The van der Waals surface area contributed by atoms with Crippen molar-refractivity contribution < 1.29 is 19.1 Å². The molecule has 0 unspecified atom stereocenters. The van der Waals surface area contributed by atoms with Gasteiger partial charge in [-0.1, -0.05) is 48.5 Å². The molecule has 7 heteroatoms. The van der Waals surface area contributed by atoms with Gasteiger partial charge in [0.15, 0.2) is 11.5 Å². The molecule has 0 bridgehead atoms. The van der Waals surface area contributed by atoms with E-state index in [0.717, 1.165) is 11.2 Å². The number of fused-ring (bicyclic) bond motifs is 4. The first kappa shape index (κ1) is 21.2. The third kappa shape index (κ3) is 3.31. The number of benzene rings is 3. The Hall–Kier alpha value is -4.10. The fraction of sp³-hybridized carbons (Fsp3) is 0.241. The van der Waals surface area contributed by atoms with E-state index < -0.39 is 6.04 Å². The molecule has 7 nitrogen and oxygen atoms in total. The topological polar surface area (TPSA) is 74.9 Å². The minimum Gasteiger partial charge on any atom is -0.486 e. The molecule has 180 valence electrons. The summed E-state index contributed by atoms with van der Waals surface area (Å²) < 4.78 is 11.3. The van der Waals surface area contributed by atoms with Gasteiger partial charge in [0, 0.05) is 41.7 Å². The molecule has 4 heterocycles. The Labute approximate surface area is 208 Å². The molecule has 0 saturated carbocycles. The van der Waals surface area contributed by atoms with Gasteiger partial charge in [0.25, 0.3) is 5.91 Å². The largest absolute Gasteiger partial charge is 0.486 e. The highest BCUT2D eigenvalue weighted by molar-refractivity contribution is 6.22. The summed E-state index contributed by atoms with van der Waals surface area (Å²) in [6.45, 7) is 2.19. The van der Waals surface area contributed by atoms with Crippen molar-refractivity contribution in [2.24, 2.45) is 0 Å². The van der Waals surface area contributed by atoms with Crippen molar-refractivity contribution in [1.82, 2.24) is 9.88 Å². The molecule has 2 amide bonds. The van der Waals surface area contributed by atoms with Crippen molar-refractivity contribution >= 4 is 28.4 Å². The van der Waals surface area contributed by atoms with E-state index in [4.69, 9.17) is 9.47 Å². The Morgan fingerprint density at radius 3 is 2.50 bits per heavy atom. The monoisotopic (exact) mass is 479 g/mol. The molecular weight excluding hydrogens is 454 g/mol. The molecule has 0 spiro atoms. The van der Waals surface area contributed by atoms with Gasteiger partial charge in [0.2, 0.25) is 5.91 Å². The lowest BCUT2D eigenvalue weighted by Crippen LogP contribution is -2.45. The number of hydrogen-bond donors (Lipinski definition) is 1. The highest BCUT2D eigenvalue weighted by atomic mass is 16.6. The summed E-state index contributed by atoms with van der Waals surface area (Å²) in [6.07, 6.45) is 0.157. The van der Waals surface area contributed by atoms with Gasteiger partial charge in [0.05, 0.1) is 18.2 Å². The molecule has 7 rings (SSSR count). The molecule has 36 heavy (non-hydrogen) atoms. The molecule has 4 aromatic rings. The first-order valence-corrected chi connectivity index (χ1v) is 12.3. The molecule has 3 aliphatic rings. The molecule has 1 fully saturated rings. The molecular formula is C29H25N3O4. The van der Waals surface area contributed by atoms with Crippen molar-refractivity contribution in [3.8, 4) is 11.5 Å². The zero-order chi connectivity index (χ0) is 24.2. The predicted octanol–water partition coefficient (Wildman–Crippen LogP) is 4.22. The van der Waals surface area contributed by atoms with Crippen LogP contribution in [0.3, 0.4) is 0 Å². The minimum atomic E-state index is -0.517. The standard InChI is InChI=1S/C29H25N3O4/c33-27-15-24(29(34)32(27)19-10-11-25-26(14-19)36-13-12-35-25)31-16-21(18-6-2-1-3-7-18)28-20-8-4-5-9-22(20)30-23(28)17-31/h1-11,14,21,24,30H,12-13,15-17H2/t21-,24+/m0/s1. The number of H-pyrrole nitrogens is 1. The van der Waals surface area contributed by atoms with Crippen LogP contribution >= 0.6 is 0 Å². The van der Waals surface area contributed by atoms with Crippen LogP contribution in [0.15, 0.2) is 72.8 Å². The van der Waals surface area contributed by atoms with Gasteiger partial charge in [-0.2, -0.15) is 0 Å². The molecule has 0 aliphatic carbocycles. The molecule has 3 aromatic carbocycles. The van der Waals surface area contributed by atoms with Crippen molar-refractivity contribution in [2.45, 2.75) is 24.9 Å². The summed E-state index contributed by atoms with van der Waals surface area (Å²) >= 11 is 0. The van der Waals surface area contributed by atoms with Gasteiger partial charge in [0.1, 0.15) is 13.2 Å². The Morgan fingerprint density at radius 2 is 1.64 bits per heavy atom. The lowest BCUT2D eigenvalue weighted by molar-refractivity contribution is -0.123. The SMILES string of the molecule is O=C1C[C@@H](N2Cc3[nH]c4ccccc4c3[C@H](c3ccccc3)C2)C(=O)N1c1ccc2c(c1)OCCO2. The van der Waals surface area contributed by atoms with E-state index in [0.29, 0.717) is 43.5 Å². The summed E-state index contributed by atoms with van der Waals surface area (Å²) in [5.41, 5.74) is 5.22. The number of imide groups is 1. The molecule has 1 saturated heterocycles. The lowest BCUT2D eigenvalue weighted by atomic mass is 9.85. The van der Waals surface area contributed by atoms with Gasteiger partial charge < -0.3 is 14.5 Å². The summed E-state index contributed by atoms with van der Waals surface area (Å²) in [4.78, 5) is 33.9. The number of amides is 2. The Morgan fingerprint density at radius 1 is 0.861 bits per heavy atom. The number of rotatable bonds is 3. The van der Waals surface area contributed by atoms with Crippen LogP contribution < -0.4 is 14.4 Å². The average Bonchev–Trinajstić information content (AvgIpc) is 3.44. The van der Waals surface area contributed by atoms with E-state index in [9.17, 15) is 9.59 Å². The summed E-state index contributed by atoms with van der Waals surface area (Å²) in [5.74, 6) is 0.905. The van der Waals surface area contributed by atoms with Gasteiger partial charge in [-0.25, -0.2) is 4.90 Å². The number of anilines is 1. The quantitative estimate of drug-likeness (QED) is 0.446. The Bertz CT molecular complexity index is 1500. The van der Waals surface area contributed by atoms with Gasteiger partial charge in [-0.3, -0.25) is 14.5 Å². The number of nitrogens with zero attached hydrogens (tertiary/aromatic N) is 2. The lowest BCUT2D eigenvalue weighted by Gasteiger charge is -2.36. The van der Waals surface area contributed by atoms with Gasteiger partial charge in [-0.15, -0.1) is 0 Å². The predicted molar refractivity (Wildman–Crippen MR) is 135 cm³/mol. The van der Waals surface area contributed by atoms with Crippen LogP contribution in [0.4, 0.5) is 5.69 Å². The van der Waals surface area contributed by atoms with Crippen LogP contribution in [0.1, 0.15) is 29.2 Å². The number of nitrogens with one attached hydrogen (secondary N) is 1. The molecule has 3 aliphatic heterocycles. The van der Waals surface area contributed by atoms with Gasteiger partial charge >= 0.3 is 0 Å². The number of ether oxygens (including phenoxy) is 2. The second kappa shape index (κ2) is 8.24. The van der Waals surface area contributed by atoms with Crippen LogP contribution in [0, 0.1) is 0 Å². The van der Waals surface area contributed by atoms with Crippen LogP contribution in [0.5, 0.6) is 11.5 Å². The third-order valence-corrected chi connectivity index (χ3v) is 7.50. The van der Waals surface area contributed by atoms with Crippen LogP contribution in [-0.4, -0.2) is 47.5 Å². The van der Waals surface area contributed by atoms with E-state index in [1.807, 2.05) is 12.1 Å². The number of aromatic amines is 1. The smallest absolute Gasteiger partial charge is 0.251 e. The summed E-state index contributed by atoms with van der Waals surface area (Å²) in [7, 11) is 0. The van der Waals surface area contributed by atoms with Crippen LogP contribution in [0.25, 0.3) is 10.9 Å². The van der Waals surface area contributed by atoms with Crippen LogP contribution in [0.2, 0.25) is 0 Å². The van der Waals surface area contributed by atoms with Crippen LogP contribution in [-0.2, 0) is 16.1 Å². The van der Waals surface area contributed by atoms with Crippen molar-refractivity contribution in [2.75, 3.05) is 24.7 Å². The van der Waals surface area contributed by atoms with E-state index in [2.05, 4.69) is 52.3 Å². The highest BCUT2D eigenvalue weighted by Crippen LogP contribution is 2.41. The normalized spacial score (nSPS) is 21.7. The van der Waals surface area contributed by atoms with Gasteiger partial charge in [-0.05, 0) is 29.3 Å². The highest BCUT2D eigenvalue weighted by Gasteiger charge is 2.45. The van der Waals surface area contributed by atoms with E-state index in [1.54, 1.807) is 18.2 Å². The first-order valence-electron chi connectivity index (χ1n) is 12.3. The fourth-order valence-corrected chi connectivity index (χ4v) is 5.87. The maximum Gasteiger partial charge on any atom is 0.251 e. The summed E-state index contributed by atoms with van der Waals surface area (Å²) in [6, 6.07) is 23.5. The minimum absolute atomic E-state index is 0.0948. The second-order valence-electron chi connectivity index (χ2n) is 9.57. The molecule has 0 radical (unpaired) electrons. The second-order valence-corrected chi connectivity index (χ2v) is 9.57. The van der Waals surface area contributed by atoms with Crippen molar-refractivity contribution in [3.05, 3.63) is 89.6 Å². The number of hydrogen-bond acceptors (Lipinski definition) is 5. The van der Waals surface area contributed by atoms with Crippen molar-refractivity contribution in [1.29, 1.82) is 0 Å². The zero-order valence-corrected chi connectivity index (χ0v) is 19.6. The average molecular weight is 480 g/mol. The summed E-state index contributed by atoms with van der Waals surface area (Å²) in [5, 5.41) is 1.22. The molecule has 2 atom stereocenters. The first-order chi connectivity index (χ1) is 17.7. The van der Waals surface area contributed by atoms with E-state index in [1.165, 1.54) is 21.4 Å². The number of aromatic nitrogens is 1. The number of para-hydroxylation sites is 1. The maximum atomic E-state index is 13.7. The molecule has 1 N–H and O–H groups in total. The fourth-order valence-electron chi connectivity index (χ4n) is 5.87.